The third-order valence-electron chi connectivity index (χ3n) is 5.03. The van der Waals surface area contributed by atoms with Crippen LogP contribution < -0.4 is 11.1 Å². The van der Waals surface area contributed by atoms with Crippen LogP contribution in [0.1, 0.15) is 29.8 Å². The van der Waals surface area contributed by atoms with Gasteiger partial charge in [0.05, 0.1) is 5.39 Å². The quantitative estimate of drug-likeness (QED) is 0.881. The molecule has 4 heterocycles. The van der Waals surface area contributed by atoms with Gasteiger partial charge in [-0.1, -0.05) is 0 Å². The van der Waals surface area contributed by atoms with Crippen molar-refractivity contribution in [2.75, 3.05) is 31.5 Å². The van der Waals surface area contributed by atoms with E-state index >= 15 is 0 Å². The maximum atomic E-state index is 12.7. The van der Waals surface area contributed by atoms with Gasteiger partial charge in [0.15, 0.2) is 0 Å². The van der Waals surface area contributed by atoms with Gasteiger partial charge in [0.1, 0.15) is 5.69 Å². The maximum absolute atomic E-state index is 12.7. The first-order valence-corrected chi connectivity index (χ1v) is 8.61. The van der Waals surface area contributed by atoms with E-state index in [4.69, 9.17) is 10.2 Å². The molecule has 0 aliphatic carbocycles. The summed E-state index contributed by atoms with van der Waals surface area (Å²) in [5.41, 5.74) is 5.96. The standard InChI is InChI=1S/C17H21N5O3/c18-15(23)14-13(12-4-3-6-19-16(12)25-14)20-17(24)22-9-5-11(10-22)21-7-1-2-8-21/h3-4,6,11H,1-2,5,7-10H2,(H2,18,23)(H,20,24)/t11-/m1/s1. The highest BCUT2D eigenvalue weighted by Gasteiger charge is 2.32. The number of carbonyl (C=O) groups excluding carboxylic acids is 2. The molecule has 3 amide bonds. The van der Waals surface area contributed by atoms with E-state index < -0.39 is 5.91 Å². The molecule has 2 aromatic rings. The van der Waals surface area contributed by atoms with Crippen LogP contribution in [-0.4, -0.2) is 58.9 Å². The Morgan fingerprint density at radius 2 is 2.08 bits per heavy atom. The molecule has 2 fully saturated rings. The molecule has 132 valence electrons. The summed E-state index contributed by atoms with van der Waals surface area (Å²) in [5.74, 6) is -0.804. The number of anilines is 1. The van der Waals surface area contributed by atoms with Crippen LogP contribution in [0.25, 0.3) is 11.1 Å². The molecule has 1 atom stereocenters. The van der Waals surface area contributed by atoms with Gasteiger partial charge in [-0.3, -0.25) is 9.69 Å². The third-order valence-corrected chi connectivity index (χ3v) is 5.03. The number of furan rings is 1. The molecule has 4 rings (SSSR count). The molecule has 8 nitrogen and oxygen atoms in total. The number of nitrogens with one attached hydrogen (secondary N) is 1. The summed E-state index contributed by atoms with van der Waals surface area (Å²) in [5, 5.41) is 3.37. The molecule has 0 unspecified atom stereocenters. The number of nitrogens with two attached hydrogens (primary N) is 1. The molecule has 0 aromatic carbocycles. The molecule has 0 saturated carbocycles. The van der Waals surface area contributed by atoms with E-state index in [0.29, 0.717) is 30.2 Å². The van der Waals surface area contributed by atoms with Crippen molar-refractivity contribution in [2.45, 2.75) is 25.3 Å². The summed E-state index contributed by atoms with van der Waals surface area (Å²) in [4.78, 5) is 32.6. The van der Waals surface area contributed by atoms with Gasteiger partial charge in [-0.2, -0.15) is 0 Å². The van der Waals surface area contributed by atoms with Gasteiger partial charge in [0, 0.05) is 25.3 Å². The molecule has 3 N–H and O–H groups in total. The van der Waals surface area contributed by atoms with Crippen molar-refractivity contribution in [1.82, 2.24) is 14.8 Å². The highest BCUT2D eigenvalue weighted by atomic mass is 16.4. The summed E-state index contributed by atoms with van der Waals surface area (Å²) in [6, 6.07) is 3.64. The van der Waals surface area contributed by atoms with Crippen molar-refractivity contribution in [3.05, 3.63) is 24.1 Å². The lowest BCUT2D eigenvalue weighted by atomic mass is 10.2. The minimum Gasteiger partial charge on any atom is -0.430 e. The Balaban J connectivity index is 1.52. The Kier molecular flexibility index (Phi) is 4.04. The van der Waals surface area contributed by atoms with Crippen LogP contribution in [0.15, 0.2) is 22.7 Å². The molecule has 2 saturated heterocycles. The van der Waals surface area contributed by atoms with Gasteiger partial charge in [0.2, 0.25) is 11.5 Å². The summed E-state index contributed by atoms with van der Waals surface area (Å²) in [6.07, 6.45) is 5.00. The average molecular weight is 343 g/mol. The van der Waals surface area contributed by atoms with Crippen molar-refractivity contribution in [3.63, 3.8) is 0 Å². The predicted octanol–water partition coefficient (Wildman–Crippen LogP) is 1.63. The van der Waals surface area contributed by atoms with Crippen LogP contribution in [0.2, 0.25) is 0 Å². The second kappa shape index (κ2) is 6.36. The van der Waals surface area contributed by atoms with Crippen LogP contribution >= 0.6 is 0 Å². The number of amides is 3. The number of fused-ring (bicyclic) bond motifs is 1. The lowest BCUT2D eigenvalue weighted by Crippen LogP contribution is -2.38. The van der Waals surface area contributed by atoms with Crippen molar-refractivity contribution in [3.8, 4) is 0 Å². The first kappa shape index (κ1) is 15.9. The zero-order valence-electron chi connectivity index (χ0n) is 13.9. The molecular weight excluding hydrogens is 322 g/mol. The molecule has 0 radical (unpaired) electrons. The maximum Gasteiger partial charge on any atom is 0.322 e. The smallest absolute Gasteiger partial charge is 0.322 e. The monoisotopic (exact) mass is 343 g/mol. The van der Waals surface area contributed by atoms with Crippen LogP contribution in [0.3, 0.4) is 0 Å². The van der Waals surface area contributed by atoms with E-state index in [9.17, 15) is 9.59 Å². The zero-order valence-corrected chi connectivity index (χ0v) is 13.9. The van der Waals surface area contributed by atoms with E-state index in [1.807, 2.05) is 0 Å². The predicted molar refractivity (Wildman–Crippen MR) is 92.3 cm³/mol. The van der Waals surface area contributed by atoms with E-state index in [0.717, 1.165) is 19.5 Å². The van der Waals surface area contributed by atoms with Gasteiger partial charge in [-0.15, -0.1) is 0 Å². The van der Waals surface area contributed by atoms with Gasteiger partial charge in [-0.25, -0.2) is 9.78 Å². The van der Waals surface area contributed by atoms with Crippen molar-refractivity contribution in [2.24, 2.45) is 5.73 Å². The fourth-order valence-electron chi connectivity index (χ4n) is 3.75. The molecule has 8 heteroatoms. The van der Waals surface area contributed by atoms with Crippen LogP contribution in [0.5, 0.6) is 0 Å². The lowest BCUT2D eigenvalue weighted by molar-refractivity contribution is 0.0977. The Bertz CT molecular complexity index is 812. The number of carbonyl (C=O) groups is 2. The molecule has 25 heavy (non-hydrogen) atoms. The Morgan fingerprint density at radius 3 is 2.84 bits per heavy atom. The number of hydrogen-bond donors (Lipinski definition) is 2. The number of hydrogen-bond acceptors (Lipinski definition) is 5. The number of primary amides is 1. The topological polar surface area (TPSA) is 105 Å². The number of likely N-dealkylation sites (tertiary alicyclic amines) is 2. The van der Waals surface area contributed by atoms with Crippen molar-refractivity contribution < 1.29 is 14.0 Å². The minimum atomic E-state index is -0.732. The number of urea groups is 1. The lowest BCUT2D eigenvalue weighted by Gasteiger charge is -2.23. The number of aromatic nitrogens is 1. The first-order valence-electron chi connectivity index (χ1n) is 8.61. The molecule has 2 aliphatic rings. The Hall–Kier alpha value is -2.61. The van der Waals surface area contributed by atoms with Gasteiger partial charge in [-0.05, 0) is 44.5 Å². The summed E-state index contributed by atoms with van der Waals surface area (Å²) in [6.45, 7) is 3.63. The molecular formula is C17H21N5O3. The van der Waals surface area contributed by atoms with E-state index in [-0.39, 0.29) is 17.5 Å². The Labute approximate surface area is 144 Å². The van der Waals surface area contributed by atoms with Crippen molar-refractivity contribution >= 4 is 28.7 Å². The third kappa shape index (κ3) is 2.93. The summed E-state index contributed by atoms with van der Waals surface area (Å²) >= 11 is 0. The van der Waals surface area contributed by atoms with E-state index in [1.54, 1.807) is 23.2 Å². The normalized spacial score (nSPS) is 21.1. The minimum absolute atomic E-state index is 0.0719. The molecule has 0 spiro atoms. The molecule has 0 bridgehead atoms. The summed E-state index contributed by atoms with van der Waals surface area (Å²) in [7, 11) is 0. The SMILES string of the molecule is NC(=O)c1oc2ncccc2c1NC(=O)N1CC[C@@H](N2CCCC2)C1. The van der Waals surface area contributed by atoms with Gasteiger partial charge in [0.25, 0.3) is 5.91 Å². The number of nitrogens with zero attached hydrogens (tertiary/aromatic N) is 3. The fraction of sp³-hybridized carbons (Fsp3) is 0.471. The second-order valence-corrected chi connectivity index (χ2v) is 6.59. The van der Waals surface area contributed by atoms with Gasteiger partial charge >= 0.3 is 6.03 Å². The molecule has 2 aliphatic heterocycles. The van der Waals surface area contributed by atoms with Crippen molar-refractivity contribution in [1.29, 1.82) is 0 Å². The average Bonchev–Trinajstić information content (AvgIpc) is 3.34. The molecule has 2 aromatic heterocycles. The number of pyridine rings is 1. The zero-order chi connectivity index (χ0) is 17.4. The van der Waals surface area contributed by atoms with Crippen LogP contribution in [0.4, 0.5) is 10.5 Å². The second-order valence-electron chi connectivity index (χ2n) is 6.59. The fourth-order valence-corrected chi connectivity index (χ4v) is 3.75. The number of rotatable bonds is 3. The van der Waals surface area contributed by atoms with Crippen LogP contribution in [0, 0.1) is 0 Å². The largest absolute Gasteiger partial charge is 0.430 e. The summed E-state index contributed by atoms with van der Waals surface area (Å²) < 4.78 is 5.40. The first-order chi connectivity index (χ1) is 12.1. The van der Waals surface area contributed by atoms with E-state index in [1.165, 1.54) is 12.8 Å². The van der Waals surface area contributed by atoms with Gasteiger partial charge < -0.3 is 20.4 Å². The Morgan fingerprint density at radius 1 is 1.28 bits per heavy atom. The van der Waals surface area contributed by atoms with Crippen LogP contribution in [-0.2, 0) is 0 Å². The highest BCUT2D eigenvalue weighted by Crippen LogP contribution is 2.30. The highest BCUT2D eigenvalue weighted by molar-refractivity contribution is 6.09. The van der Waals surface area contributed by atoms with E-state index in [2.05, 4.69) is 15.2 Å².